The van der Waals surface area contributed by atoms with Crippen LogP contribution in [0.1, 0.15) is 64.7 Å². The van der Waals surface area contributed by atoms with E-state index < -0.39 is 0 Å². The average molecular weight is 266 g/mol. The van der Waals surface area contributed by atoms with Gasteiger partial charge in [-0.25, -0.2) is 0 Å². The number of hydrogen-bond donors (Lipinski definition) is 2. The van der Waals surface area contributed by atoms with Gasteiger partial charge in [0.2, 0.25) is 5.91 Å². The van der Waals surface area contributed by atoms with Crippen LogP contribution in [0.3, 0.4) is 0 Å². The fourth-order valence-corrected chi connectivity index (χ4v) is 3.58. The fourth-order valence-electron chi connectivity index (χ4n) is 3.58. The van der Waals surface area contributed by atoms with Gasteiger partial charge in [-0.15, -0.1) is 0 Å². The zero-order chi connectivity index (χ0) is 13.5. The van der Waals surface area contributed by atoms with Crippen molar-refractivity contribution in [1.82, 2.24) is 10.6 Å². The lowest BCUT2D eigenvalue weighted by Gasteiger charge is -2.28. The summed E-state index contributed by atoms with van der Waals surface area (Å²) in [5.41, 5.74) is 0. The minimum atomic E-state index is 0.267. The Morgan fingerprint density at radius 3 is 2.68 bits per heavy atom. The quantitative estimate of drug-likeness (QED) is 0.803. The third kappa shape index (κ3) is 5.13. The van der Waals surface area contributed by atoms with E-state index in [1.807, 2.05) is 0 Å². The van der Waals surface area contributed by atoms with Crippen LogP contribution in [0.5, 0.6) is 0 Å². The summed E-state index contributed by atoms with van der Waals surface area (Å²) in [6, 6.07) is 0.372. The maximum Gasteiger partial charge on any atom is 0.220 e. The van der Waals surface area contributed by atoms with Crippen LogP contribution in [-0.4, -0.2) is 25.0 Å². The largest absolute Gasteiger partial charge is 0.353 e. The summed E-state index contributed by atoms with van der Waals surface area (Å²) in [6.45, 7) is 4.45. The summed E-state index contributed by atoms with van der Waals surface area (Å²) >= 11 is 0. The van der Waals surface area contributed by atoms with Crippen LogP contribution in [-0.2, 0) is 4.79 Å². The molecule has 3 heteroatoms. The van der Waals surface area contributed by atoms with E-state index in [9.17, 15) is 4.79 Å². The van der Waals surface area contributed by atoms with Crippen molar-refractivity contribution < 1.29 is 4.79 Å². The Kier molecular flexibility index (Phi) is 6.15. The summed E-state index contributed by atoms with van der Waals surface area (Å²) in [5, 5.41) is 6.65. The summed E-state index contributed by atoms with van der Waals surface area (Å²) in [4.78, 5) is 12.0. The number of hydrogen-bond acceptors (Lipinski definition) is 2. The number of carbonyl (C=O) groups excluding carboxylic acids is 1. The molecule has 2 N–H and O–H groups in total. The van der Waals surface area contributed by atoms with E-state index in [0.29, 0.717) is 24.3 Å². The van der Waals surface area contributed by atoms with E-state index in [1.54, 1.807) is 0 Å². The Hall–Kier alpha value is -0.570. The number of piperidine rings is 1. The number of rotatable bonds is 5. The van der Waals surface area contributed by atoms with Gasteiger partial charge in [0.25, 0.3) is 0 Å². The highest BCUT2D eigenvalue weighted by molar-refractivity contribution is 5.76. The number of carbonyl (C=O) groups is 1. The summed E-state index contributed by atoms with van der Waals surface area (Å²) in [7, 11) is 0. The van der Waals surface area contributed by atoms with Gasteiger partial charge in [-0.05, 0) is 64.0 Å². The van der Waals surface area contributed by atoms with Crippen LogP contribution in [0.2, 0.25) is 0 Å². The highest BCUT2D eigenvalue weighted by atomic mass is 16.1. The van der Waals surface area contributed by atoms with Gasteiger partial charge >= 0.3 is 0 Å². The van der Waals surface area contributed by atoms with E-state index in [4.69, 9.17) is 0 Å². The maximum absolute atomic E-state index is 12.0. The number of nitrogens with one attached hydrogen (secondary N) is 2. The van der Waals surface area contributed by atoms with Crippen molar-refractivity contribution in [3.63, 3.8) is 0 Å². The molecule has 2 aliphatic rings. The van der Waals surface area contributed by atoms with Crippen molar-refractivity contribution >= 4 is 5.91 Å². The minimum Gasteiger partial charge on any atom is -0.353 e. The molecule has 0 aromatic rings. The molecular formula is C16H30N2O. The molecule has 2 atom stereocenters. The van der Waals surface area contributed by atoms with Crippen LogP contribution in [0.4, 0.5) is 0 Å². The van der Waals surface area contributed by atoms with Gasteiger partial charge in [-0.2, -0.15) is 0 Å². The van der Waals surface area contributed by atoms with E-state index in [1.165, 1.54) is 44.9 Å². The molecule has 0 aromatic heterocycles. The molecule has 19 heavy (non-hydrogen) atoms. The molecule has 1 aliphatic carbocycles. The number of amides is 1. The molecule has 1 amide bonds. The minimum absolute atomic E-state index is 0.267. The van der Waals surface area contributed by atoms with Crippen molar-refractivity contribution in [2.75, 3.05) is 13.1 Å². The first-order chi connectivity index (χ1) is 9.25. The van der Waals surface area contributed by atoms with Crippen LogP contribution in [0.15, 0.2) is 0 Å². The second-order valence-corrected chi connectivity index (χ2v) is 6.51. The maximum atomic E-state index is 12.0. The Morgan fingerprint density at radius 1 is 1.21 bits per heavy atom. The normalized spacial score (nSPS) is 26.9. The molecule has 0 radical (unpaired) electrons. The second kappa shape index (κ2) is 7.88. The molecule has 2 rings (SSSR count). The molecule has 1 aliphatic heterocycles. The second-order valence-electron chi connectivity index (χ2n) is 6.51. The molecule has 1 heterocycles. The first-order valence-electron chi connectivity index (χ1n) is 8.26. The standard InChI is InChI=1S/C16H30N2O/c1-13(15-7-3-2-4-8-15)18-16(19)10-9-14-6-5-11-17-12-14/h13-15,17H,2-12H2,1H3,(H,18,19). The molecule has 1 saturated heterocycles. The van der Waals surface area contributed by atoms with Crippen molar-refractivity contribution in [2.24, 2.45) is 11.8 Å². The average Bonchev–Trinajstić information content (AvgIpc) is 2.47. The predicted octanol–water partition coefficient (Wildman–Crippen LogP) is 2.85. The summed E-state index contributed by atoms with van der Waals surface area (Å²) in [5.74, 6) is 1.70. The van der Waals surface area contributed by atoms with Crippen LogP contribution in [0, 0.1) is 11.8 Å². The van der Waals surface area contributed by atoms with Crippen LogP contribution < -0.4 is 10.6 Å². The Morgan fingerprint density at radius 2 is 2.00 bits per heavy atom. The highest BCUT2D eigenvalue weighted by Crippen LogP contribution is 2.26. The summed E-state index contributed by atoms with van der Waals surface area (Å²) in [6.07, 6.45) is 11.0. The van der Waals surface area contributed by atoms with Gasteiger partial charge in [0.1, 0.15) is 0 Å². The third-order valence-electron chi connectivity index (χ3n) is 4.92. The molecule has 2 unspecified atom stereocenters. The first-order valence-corrected chi connectivity index (χ1v) is 8.26. The summed E-state index contributed by atoms with van der Waals surface area (Å²) < 4.78 is 0. The van der Waals surface area contributed by atoms with Crippen molar-refractivity contribution in [3.05, 3.63) is 0 Å². The van der Waals surface area contributed by atoms with Gasteiger partial charge in [0.15, 0.2) is 0 Å². The lowest BCUT2D eigenvalue weighted by atomic mass is 9.84. The Balaban J connectivity index is 1.62. The van der Waals surface area contributed by atoms with E-state index in [2.05, 4.69) is 17.6 Å². The highest BCUT2D eigenvalue weighted by Gasteiger charge is 2.22. The molecule has 0 bridgehead atoms. The smallest absolute Gasteiger partial charge is 0.220 e. The topological polar surface area (TPSA) is 41.1 Å². The van der Waals surface area contributed by atoms with Crippen LogP contribution >= 0.6 is 0 Å². The van der Waals surface area contributed by atoms with Crippen molar-refractivity contribution in [1.29, 1.82) is 0 Å². The first kappa shape index (κ1) is 14.8. The third-order valence-corrected chi connectivity index (χ3v) is 4.92. The molecule has 1 saturated carbocycles. The molecular weight excluding hydrogens is 236 g/mol. The molecule has 110 valence electrons. The zero-order valence-corrected chi connectivity index (χ0v) is 12.4. The van der Waals surface area contributed by atoms with Crippen molar-refractivity contribution in [2.45, 2.75) is 70.8 Å². The van der Waals surface area contributed by atoms with Gasteiger partial charge in [-0.1, -0.05) is 19.3 Å². The predicted molar refractivity (Wildman–Crippen MR) is 79.0 cm³/mol. The molecule has 3 nitrogen and oxygen atoms in total. The van der Waals surface area contributed by atoms with E-state index >= 15 is 0 Å². The monoisotopic (exact) mass is 266 g/mol. The zero-order valence-electron chi connectivity index (χ0n) is 12.4. The van der Waals surface area contributed by atoms with Gasteiger partial charge in [-0.3, -0.25) is 4.79 Å². The van der Waals surface area contributed by atoms with Gasteiger partial charge < -0.3 is 10.6 Å². The fraction of sp³-hybridized carbons (Fsp3) is 0.938. The lowest BCUT2D eigenvalue weighted by Crippen LogP contribution is -2.39. The Bertz CT molecular complexity index is 268. The Labute approximate surface area is 117 Å². The molecule has 0 spiro atoms. The lowest BCUT2D eigenvalue weighted by molar-refractivity contribution is -0.122. The molecule has 2 fully saturated rings. The van der Waals surface area contributed by atoms with Gasteiger partial charge in [0, 0.05) is 12.5 Å². The van der Waals surface area contributed by atoms with Crippen molar-refractivity contribution in [3.8, 4) is 0 Å². The van der Waals surface area contributed by atoms with E-state index in [0.717, 1.165) is 19.5 Å². The van der Waals surface area contributed by atoms with Crippen LogP contribution in [0.25, 0.3) is 0 Å². The van der Waals surface area contributed by atoms with Gasteiger partial charge in [0.05, 0.1) is 0 Å². The SMILES string of the molecule is CC(NC(=O)CCC1CCCNC1)C1CCCCC1. The van der Waals surface area contributed by atoms with E-state index in [-0.39, 0.29) is 5.91 Å². The molecule has 0 aromatic carbocycles.